The molecule has 2 fully saturated rings. The topological polar surface area (TPSA) is 109 Å². The summed E-state index contributed by atoms with van der Waals surface area (Å²) < 4.78 is 1.75. The molecule has 2 N–H and O–H groups in total. The molecule has 0 radical (unpaired) electrons. The third-order valence-electron chi connectivity index (χ3n) is 6.41. The molecule has 1 aromatic carbocycles. The minimum atomic E-state index is -0.284. The van der Waals surface area contributed by atoms with Crippen molar-refractivity contribution in [1.29, 1.82) is 0 Å². The fourth-order valence-electron chi connectivity index (χ4n) is 4.18. The molecular formula is C24H28N6O3S. The molecule has 1 aliphatic heterocycles. The van der Waals surface area contributed by atoms with Crippen molar-refractivity contribution in [2.75, 3.05) is 23.3 Å². The Morgan fingerprint density at radius 3 is 2.65 bits per heavy atom. The maximum atomic E-state index is 13.0. The summed E-state index contributed by atoms with van der Waals surface area (Å²) in [7, 11) is 0. The Kier molecular flexibility index (Phi) is 6.07. The van der Waals surface area contributed by atoms with Gasteiger partial charge in [0.05, 0.1) is 0 Å². The summed E-state index contributed by atoms with van der Waals surface area (Å²) in [6.07, 6.45) is 5.10. The lowest BCUT2D eigenvalue weighted by Crippen LogP contribution is -2.41. The SMILES string of the molecule is Cc1ccc(C)c(NC(=O)Cn2cnc3nc(N4CCC(C(=O)NC5CC5)CC4)sc3c2=O)c1. The van der Waals surface area contributed by atoms with Crippen LogP contribution < -0.4 is 21.1 Å². The number of fused-ring (bicyclic) bond motifs is 1. The minimum Gasteiger partial charge on any atom is -0.353 e. The highest BCUT2D eigenvalue weighted by molar-refractivity contribution is 7.22. The molecule has 10 heteroatoms. The molecular weight excluding hydrogens is 452 g/mol. The van der Waals surface area contributed by atoms with Gasteiger partial charge in [0.2, 0.25) is 11.8 Å². The summed E-state index contributed by atoms with van der Waals surface area (Å²) in [5.41, 5.74) is 2.86. The molecule has 9 nitrogen and oxygen atoms in total. The number of aromatic nitrogens is 3. The van der Waals surface area contributed by atoms with Gasteiger partial charge in [-0.1, -0.05) is 23.5 Å². The van der Waals surface area contributed by atoms with Crippen molar-refractivity contribution < 1.29 is 9.59 Å². The Morgan fingerprint density at radius 2 is 1.91 bits per heavy atom. The van der Waals surface area contributed by atoms with Crippen LogP contribution in [0.5, 0.6) is 0 Å². The number of carbonyl (C=O) groups is 2. The first-order valence-corrected chi connectivity index (χ1v) is 12.5. The van der Waals surface area contributed by atoms with E-state index in [4.69, 9.17) is 0 Å². The van der Waals surface area contributed by atoms with Gasteiger partial charge in [0.1, 0.15) is 17.6 Å². The molecule has 5 rings (SSSR count). The second-order valence-electron chi connectivity index (χ2n) is 9.24. The first-order valence-electron chi connectivity index (χ1n) is 11.7. The molecule has 0 atom stereocenters. The Labute approximate surface area is 201 Å². The van der Waals surface area contributed by atoms with Gasteiger partial charge in [-0.15, -0.1) is 0 Å². The number of aryl methyl sites for hydroxylation is 2. The van der Waals surface area contributed by atoms with Crippen molar-refractivity contribution in [1.82, 2.24) is 19.9 Å². The summed E-state index contributed by atoms with van der Waals surface area (Å²) in [4.78, 5) is 48.9. The molecule has 2 amide bonds. The van der Waals surface area contributed by atoms with Crippen molar-refractivity contribution in [2.24, 2.45) is 5.92 Å². The van der Waals surface area contributed by atoms with E-state index in [2.05, 4.69) is 25.5 Å². The fourth-order valence-corrected chi connectivity index (χ4v) is 5.20. The standard InChI is InChI=1S/C24H28N6O3S/c1-14-3-4-15(2)18(11-14)27-19(31)12-30-13-25-21-20(23(30)33)34-24(28-21)29-9-7-16(8-10-29)22(32)26-17-5-6-17/h3-4,11,13,16-17H,5-10,12H2,1-2H3,(H,26,32)(H,27,31). The lowest BCUT2D eigenvalue weighted by Gasteiger charge is -2.30. The van der Waals surface area contributed by atoms with Crippen LogP contribution in [0.25, 0.3) is 10.3 Å². The van der Waals surface area contributed by atoms with Crippen molar-refractivity contribution >= 4 is 44.3 Å². The maximum absolute atomic E-state index is 13.0. The number of rotatable bonds is 6. The number of nitrogens with zero attached hydrogens (tertiary/aromatic N) is 4. The Morgan fingerprint density at radius 1 is 1.15 bits per heavy atom. The van der Waals surface area contributed by atoms with Crippen LogP contribution in [0.15, 0.2) is 29.3 Å². The zero-order valence-corrected chi connectivity index (χ0v) is 20.2. The van der Waals surface area contributed by atoms with Gasteiger partial charge in [0.15, 0.2) is 10.8 Å². The van der Waals surface area contributed by atoms with Crippen LogP contribution in [0, 0.1) is 19.8 Å². The van der Waals surface area contributed by atoms with Gasteiger partial charge in [0, 0.05) is 30.7 Å². The molecule has 0 bridgehead atoms. The van der Waals surface area contributed by atoms with Crippen molar-refractivity contribution in [2.45, 2.75) is 52.1 Å². The number of carbonyl (C=O) groups excluding carboxylic acids is 2. The van der Waals surface area contributed by atoms with Crippen LogP contribution in [0.2, 0.25) is 0 Å². The molecule has 1 aliphatic carbocycles. The Balaban J connectivity index is 1.26. The van der Waals surface area contributed by atoms with E-state index in [1.165, 1.54) is 22.2 Å². The van der Waals surface area contributed by atoms with Crippen LogP contribution in [0.3, 0.4) is 0 Å². The first-order chi connectivity index (χ1) is 16.4. The molecule has 0 spiro atoms. The summed E-state index contributed by atoms with van der Waals surface area (Å²) in [5, 5.41) is 6.71. The highest BCUT2D eigenvalue weighted by atomic mass is 32.1. The van der Waals surface area contributed by atoms with Gasteiger partial charge in [-0.05, 0) is 56.7 Å². The van der Waals surface area contributed by atoms with Gasteiger partial charge in [-0.2, -0.15) is 4.98 Å². The third kappa shape index (κ3) is 4.82. The van der Waals surface area contributed by atoms with E-state index in [1.807, 2.05) is 32.0 Å². The maximum Gasteiger partial charge on any atom is 0.273 e. The number of hydrogen-bond acceptors (Lipinski definition) is 7. The zero-order valence-electron chi connectivity index (χ0n) is 19.3. The number of amides is 2. The van der Waals surface area contributed by atoms with Gasteiger partial charge in [-0.25, -0.2) is 4.98 Å². The molecule has 3 aromatic rings. The van der Waals surface area contributed by atoms with Crippen molar-refractivity contribution in [3.8, 4) is 0 Å². The van der Waals surface area contributed by atoms with Gasteiger partial charge in [0.25, 0.3) is 5.56 Å². The van der Waals surface area contributed by atoms with Gasteiger partial charge >= 0.3 is 0 Å². The van der Waals surface area contributed by atoms with E-state index in [0.29, 0.717) is 16.4 Å². The highest BCUT2D eigenvalue weighted by Crippen LogP contribution is 2.30. The monoisotopic (exact) mass is 480 g/mol. The average Bonchev–Trinajstić information content (AvgIpc) is 3.52. The summed E-state index contributed by atoms with van der Waals surface area (Å²) in [5.74, 6) is -0.0829. The van der Waals surface area contributed by atoms with Crippen LogP contribution >= 0.6 is 11.3 Å². The summed E-state index contributed by atoms with van der Waals surface area (Å²) >= 11 is 1.30. The molecule has 1 saturated heterocycles. The van der Waals surface area contributed by atoms with Crippen LogP contribution in [-0.2, 0) is 16.1 Å². The number of piperidine rings is 1. The van der Waals surface area contributed by atoms with Crippen LogP contribution in [0.4, 0.5) is 10.8 Å². The fraction of sp³-hybridized carbons (Fsp3) is 0.458. The second-order valence-corrected chi connectivity index (χ2v) is 10.2. The zero-order chi connectivity index (χ0) is 23.8. The predicted molar refractivity (Wildman–Crippen MR) is 132 cm³/mol. The number of thiazole rings is 1. The molecule has 2 aliphatic rings. The smallest absolute Gasteiger partial charge is 0.273 e. The van der Waals surface area contributed by atoms with Gasteiger partial charge in [-0.3, -0.25) is 19.0 Å². The summed E-state index contributed by atoms with van der Waals surface area (Å²) in [6.45, 7) is 5.20. The molecule has 0 unspecified atom stereocenters. The van der Waals surface area contributed by atoms with E-state index < -0.39 is 0 Å². The average molecular weight is 481 g/mol. The normalized spacial score (nSPS) is 16.6. The number of nitrogens with one attached hydrogen (secondary N) is 2. The van der Waals surface area contributed by atoms with Crippen LogP contribution in [0.1, 0.15) is 36.8 Å². The molecule has 1 saturated carbocycles. The Hall–Kier alpha value is -3.27. The first kappa shape index (κ1) is 22.5. The van der Waals surface area contributed by atoms with Gasteiger partial charge < -0.3 is 15.5 Å². The quantitative estimate of drug-likeness (QED) is 0.561. The third-order valence-corrected chi connectivity index (χ3v) is 7.51. The van der Waals surface area contributed by atoms with E-state index in [1.54, 1.807) is 0 Å². The lowest BCUT2D eigenvalue weighted by molar-refractivity contribution is -0.125. The van der Waals surface area contributed by atoms with E-state index in [-0.39, 0.29) is 29.8 Å². The predicted octanol–water partition coefficient (Wildman–Crippen LogP) is 2.60. The Bertz CT molecular complexity index is 1300. The second kappa shape index (κ2) is 9.17. The summed E-state index contributed by atoms with van der Waals surface area (Å²) in [6, 6.07) is 6.23. The van der Waals surface area contributed by atoms with Crippen LogP contribution in [-0.4, -0.2) is 45.5 Å². The molecule has 178 valence electrons. The number of benzene rings is 1. The molecule has 2 aromatic heterocycles. The van der Waals surface area contributed by atoms with Crippen molar-refractivity contribution in [3.63, 3.8) is 0 Å². The number of hydrogen-bond donors (Lipinski definition) is 2. The van der Waals surface area contributed by atoms with E-state index in [0.717, 1.165) is 60.7 Å². The van der Waals surface area contributed by atoms with E-state index in [9.17, 15) is 14.4 Å². The number of anilines is 2. The van der Waals surface area contributed by atoms with Crippen molar-refractivity contribution in [3.05, 3.63) is 46.0 Å². The largest absolute Gasteiger partial charge is 0.353 e. The highest BCUT2D eigenvalue weighted by Gasteiger charge is 2.30. The van der Waals surface area contributed by atoms with E-state index >= 15 is 0 Å². The molecule has 34 heavy (non-hydrogen) atoms. The minimum absolute atomic E-state index is 0.0390. The lowest BCUT2D eigenvalue weighted by atomic mass is 9.96. The molecule has 3 heterocycles.